The van der Waals surface area contributed by atoms with E-state index in [1.807, 2.05) is 43.9 Å². The molecule has 1 N–H and O–H groups in total. The maximum atomic E-state index is 12.9. The number of para-hydroxylation sites is 1. The third-order valence-electron chi connectivity index (χ3n) is 5.07. The van der Waals surface area contributed by atoms with Crippen molar-refractivity contribution in [2.75, 3.05) is 19.7 Å². The lowest BCUT2D eigenvalue weighted by atomic mass is 9.98. The number of piperidine rings is 1. The van der Waals surface area contributed by atoms with Crippen molar-refractivity contribution in [3.63, 3.8) is 0 Å². The van der Waals surface area contributed by atoms with Crippen LogP contribution >= 0.6 is 0 Å². The van der Waals surface area contributed by atoms with Crippen LogP contribution in [0, 0.1) is 5.92 Å². The second kappa shape index (κ2) is 9.58. The number of ether oxygens (including phenoxy) is 1. The number of aromatic nitrogens is 2. The molecule has 7 heteroatoms. The number of amides is 2. The van der Waals surface area contributed by atoms with E-state index in [1.165, 1.54) is 0 Å². The smallest absolute Gasteiger partial charge is 0.272 e. The monoisotopic (exact) mass is 398 g/mol. The fourth-order valence-electron chi connectivity index (χ4n) is 3.64. The third-order valence-corrected chi connectivity index (χ3v) is 5.07. The maximum Gasteiger partial charge on any atom is 0.272 e. The lowest BCUT2D eigenvalue weighted by Gasteiger charge is -2.32. The number of carbonyl (C=O) groups excluding carboxylic acids is 2. The SMILES string of the molecule is CCn1nccc1C(=O)N1CCCC(COc2ccccc2C(=O)NC(C)C)C1. The molecule has 1 unspecified atom stereocenters. The van der Waals surface area contributed by atoms with E-state index in [4.69, 9.17) is 4.74 Å². The summed E-state index contributed by atoms with van der Waals surface area (Å²) in [6.07, 6.45) is 3.60. The molecule has 0 bridgehead atoms. The van der Waals surface area contributed by atoms with Gasteiger partial charge in [0, 0.05) is 37.8 Å². The molecule has 0 aliphatic carbocycles. The first kappa shape index (κ1) is 20.9. The van der Waals surface area contributed by atoms with Crippen molar-refractivity contribution in [2.24, 2.45) is 5.92 Å². The molecule has 2 aromatic rings. The van der Waals surface area contributed by atoms with Gasteiger partial charge in [0.15, 0.2) is 0 Å². The summed E-state index contributed by atoms with van der Waals surface area (Å²) in [4.78, 5) is 27.2. The molecule has 0 saturated carbocycles. The standard InChI is InChI=1S/C22H30N4O3/c1-4-26-19(11-12-23-26)22(28)25-13-7-8-17(14-25)15-29-20-10-6-5-9-18(20)21(27)24-16(2)3/h5-6,9-12,16-17H,4,7-8,13-15H2,1-3H3,(H,24,27). The Balaban J connectivity index is 1.62. The zero-order chi connectivity index (χ0) is 20.8. The molecule has 156 valence electrons. The Kier molecular flexibility index (Phi) is 6.90. The molecule has 1 fully saturated rings. The second-order valence-electron chi connectivity index (χ2n) is 7.73. The number of nitrogens with one attached hydrogen (secondary N) is 1. The average Bonchev–Trinajstić information content (AvgIpc) is 3.20. The van der Waals surface area contributed by atoms with Crippen LogP contribution in [-0.2, 0) is 6.54 Å². The molecule has 1 saturated heterocycles. The minimum atomic E-state index is -0.135. The van der Waals surface area contributed by atoms with Crippen LogP contribution in [0.5, 0.6) is 5.75 Å². The van der Waals surface area contributed by atoms with E-state index in [0.29, 0.717) is 36.7 Å². The number of benzene rings is 1. The van der Waals surface area contributed by atoms with Crippen molar-refractivity contribution < 1.29 is 14.3 Å². The summed E-state index contributed by atoms with van der Waals surface area (Å²) >= 11 is 0. The van der Waals surface area contributed by atoms with Crippen molar-refractivity contribution in [2.45, 2.75) is 46.2 Å². The zero-order valence-electron chi connectivity index (χ0n) is 17.4. The highest BCUT2D eigenvalue weighted by atomic mass is 16.5. The largest absolute Gasteiger partial charge is 0.492 e. The van der Waals surface area contributed by atoms with Crippen LogP contribution in [0.2, 0.25) is 0 Å². The molecule has 2 amide bonds. The Hall–Kier alpha value is -2.83. The summed E-state index contributed by atoms with van der Waals surface area (Å²) in [5, 5.41) is 7.10. The minimum absolute atomic E-state index is 0.0192. The van der Waals surface area contributed by atoms with Gasteiger partial charge in [-0.3, -0.25) is 14.3 Å². The second-order valence-corrected chi connectivity index (χ2v) is 7.73. The first-order valence-corrected chi connectivity index (χ1v) is 10.3. The number of aryl methyl sites for hydroxylation is 1. The first-order chi connectivity index (χ1) is 14.0. The molecule has 0 radical (unpaired) electrons. The molecule has 1 aromatic carbocycles. The van der Waals surface area contributed by atoms with Gasteiger partial charge in [0.2, 0.25) is 0 Å². The van der Waals surface area contributed by atoms with Gasteiger partial charge >= 0.3 is 0 Å². The predicted molar refractivity (Wildman–Crippen MR) is 111 cm³/mol. The topological polar surface area (TPSA) is 76.5 Å². The Morgan fingerprint density at radius 1 is 1.28 bits per heavy atom. The summed E-state index contributed by atoms with van der Waals surface area (Å²) < 4.78 is 7.75. The summed E-state index contributed by atoms with van der Waals surface area (Å²) in [7, 11) is 0. The minimum Gasteiger partial charge on any atom is -0.492 e. The summed E-state index contributed by atoms with van der Waals surface area (Å²) in [6.45, 7) is 8.38. The van der Waals surface area contributed by atoms with Crippen LogP contribution in [0.3, 0.4) is 0 Å². The van der Waals surface area contributed by atoms with Gasteiger partial charge in [0.25, 0.3) is 11.8 Å². The van der Waals surface area contributed by atoms with Crippen LogP contribution in [0.4, 0.5) is 0 Å². The zero-order valence-corrected chi connectivity index (χ0v) is 17.4. The number of hydrogen-bond donors (Lipinski definition) is 1. The van der Waals surface area contributed by atoms with E-state index in [-0.39, 0.29) is 23.8 Å². The molecular weight excluding hydrogens is 368 g/mol. The third kappa shape index (κ3) is 5.16. The van der Waals surface area contributed by atoms with Gasteiger partial charge in [-0.25, -0.2) is 0 Å². The molecular formula is C22H30N4O3. The molecule has 1 aliphatic rings. The van der Waals surface area contributed by atoms with Crippen molar-refractivity contribution in [3.8, 4) is 5.75 Å². The number of carbonyl (C=O) groups is 2. The van der Waals surface area contributed by atoms with Crippen LogP contribution in [0.25, 0.3) is 0 Å². The van der Waals surface area contributed by atoms with Crippen LogP contribution < -0.4 is 10.1 Å². The first-order valence-electron chi connectivity index (χ1n) is 10.3. The van der Waals surface area contributed by atoms with Crippen LogP contribution in [0.15, 0.2) is 36.5 Å². The van der Waals surface area contributed by atoms with Gasteiger partial charge in [-0.2, -0.15) is 5.10 Å². The Morgan fingerprint density at radius 3 is 2.83 bits per heavy atom. The Morgan fingerprint density at radius 2 is 2.07 bits per heavy atom. The number of likely N-dealkylation sites (tertiary alicyclic amines) is 1. The van der Waals surface area contributed by atoms with E-state index < -0.39 is 0 Å². The highest BCUT2D eigenvalue weighted by molar-refractivity contribution is 5.97. The van der Waals surface area contributed by atoms with E-state index in [1.54, 1.807) is 23.0 Å². The number of rotatable bonds is 7. The van der Waals surface area contributed by atoms with E-state index in [0.717, 1.165) is 19.4 Å². The molecule has 7 nitrogen and oxygen atoms in total. The van der Waals surface area contributed by atoms with Crippen molar-refractivity contribution >= 4 is 11.8 Å². The van der Waals surface area contributed by atoms with Gasteiger partial charge in [0.1, 0.15) is 11.4 Å². The maximum absolute atomic E-state index is 12.9. The average molecular weight is 399 g/mol. The quantitative estimate of drug-likeness (QED) is 0.778. The van der Waals surface area contributed by atoms with Gasteiger partial charge in [-0.15, -0.1) is 0 Å². The van der Waals surface area contributed by atoms with Gasteiger partial charge in [-0.1, -0.05) is 12.1 Å². The Bertz CT molecular complexity index is 846. The molecule has 3 rings (SSSR count). The van der Waals surface area contributed by atoms with E-state index in [2.05, 4.69) is 10.4 Å². The van der Waals surface area contributed by atoms with E-state index in [9.17, 15) is 9.59 Å². The lowest BCUT2D eigenvalue weighted by molar-refractivity contribution is 0.0621. The fraction of sp³-hybridized carbons (Fsp3) is 0.500. The van der Waals surface area contributed by atoms with Crippen LogP contribution in [-0.4, -0.2) is 52.2 Å². The molecule has 1 atom stereocenters. The summed E-state index contributed by atoms with van der Waals surface area (Å²) in [5.74, 6) is 0.694. The summed E-state index contributed by atoms with van der Waals surface area (Å²) in [5.41, 5.74) is 1.17. The molecule has 0 spiro atoms. The van der Waals surface area contributed by atoms with E-state index >= 15 is 0 Å². The number of hydrogen-bond acceptors (Lipinski definition) is 4. The van der Waals surface area contributed by atoms with Crippen LogP contribution in [0.1, 0.15) is 54.5 Å². The molecule has 29 heavy (non-hydrogen) atoms. The number of nitrogens with zero attached hydrogens (tertiary/aromatic N) is 3. The molecule has 1 aliphatic heterocycles. The lowest BCUT2D eigenvalue weighted by Crippen LogP contribution is -2.42. The Labute approximate surface area is 172 Å². The highest BCUT2D eigenvalue weighted by Crippen LogP contribution is 2.23. The van der Waals surface area contributed by atoms with Gasteiger partial charge < -0.3 is 15.0 Å². The van der Waals surface area contributed by atoms with Crippen molar-refractivity contribution in [1.29, 1.82) is 0 Å². The molecule has 1 aromatic heterocycles. The van der Waals surface area contributed by atoms with Crippen molar-refractivity contribution in [1.82, 2.24) is 20.0 Å². The van der Waals surface area contributed by atoms with Gasteiger partial charge in [-0.05, 0) is 51.8 Å². The molecule has 2 heterocycles. The van der Waals surface area contributed by atoms with Crippen molar-refractivity contribution in [3.05, 3.63) is 47.8 Å². The fourth-order valence-corrected chi connectivity index (χ4v) is 3.64. The normalized spacial score (nSPS) is 16.7. The highest BCUT2D eigenvalue weighted by Gasteiger charge is 2.27. The van der Waals surface area contributed by atoms with Gasteiger partial charge in [0.05, 0.1) is 12.2 Å². The predicted octanol–water partition coefficient (Wildman–Crippen LogP) is 2.97. The summed E-state index contributed by atoms with van der Waals surface area (Å²) in [6, 6.07) is 9.13.